The van der Waals surface area contributed by atoms with Gasteiger partial charge in [-0.15, -0.1) is 0 Å². The number of hydrogen-bond donors (Lipinski definition) is 1. The zero-order valence-corrected chi connectivity index (χ0v) is 24.6. The van der Waals surface area contributed by atoms with Crippen LogP contribution in [0.2, 0.25) is 0 Å². The topological polar surface area (TPSA) is 66.8 Å². The number of rotatable bonds is 5. The van der Waals surface area contributed by atoms with Crippen LogP contribution in [0.1, 0.15) is 77.8 Å². The van der Waals surface area contributed by atoms with Gasteiger partial charge >= 0.3 is 5.97 Å². The average molecular weight is 540 g/mol. The molecule has 0 saturated carbocycles. The minimum Gasteiger partial charge on any atom is -0.479 e. The van der Waals surface area contributed by atoms with Gasteiger partial charge in [0.25, 0.3) is 0 Å². The summed E-state index contributed by atoms with van der Waals surface area (Å²) in [4.78, 5) is 28.5. The van der Waals surface area contributed by atoms with Gasteiger partial charge in [0, 0.05) is 24.6 Å². The predicted molar refractivity (Wildman–Crippen MR) is 158 cm³/mol. The Bertz CT molecular complexity index is 1450. The highest BCUT2D eigenvalue weighted by Gasteiger charge is 2.36. The first-order valence-corrected chi connectivity index (χ1v) is 14.4. The number of carboxylic acid groups (broad SMARTS) is 1. The number of carbonyl (C=O) groups excluding carboxylic acids is 1. The van der Waals surface area contributed by atoms with Crippen LogP contribution in [0.15, 0.2) is 48.5 Å². The summed E-state index contributed by atoms with van der Waals surface area (Å²) >= 11 is 0. The lowest BCUT2D eigenvalue weighted by Crippen LogP contribution is -2.42. The predicted octanol–water partition coefficient (Wildman–Crippen LogP) is 6.91. The molecule has 0 aromatic heterocycles. The van der Waals surface area contributed by atoms with Crippen molar-refractivity contribution in [3.05, 3.63) is 93.0 Å². The fourth-order valence-electron chi connectivity index (χ4n) is 6.59. The second kappa shape index (κ2) is 10.9. The van der Waals surface area contributed by atoms with E-state index in [9.17, 15) is 14.7 Å². The van der Waals surface area contributed by atoms with Crippen LogP contribution in [0, 0.1) is 26.7 Å². The maximum absolute atomic E-state index is 13.8. The molecule has 0 spiro atoms. The summed E-state index contributed by atoms with van der Waals surface area (Å²) in [5.41, 5.74) is 10.1. The quantitative estimate of drug-likeness (QED) is 0.383. The lowest BCUT2D eigenvalue weighted by molar-refractivity contribution is -0.160. The van der Waals surface area contributed by atoms with Crippen molar-refractivity contribution < 1.29 is 19.4 Å². The Morgan fingerprint density at radius 3 is 2.25 bits per heavy atom. The molecule has 40 heavy (non-hydrogen) atoms. The van der Waals surface area contributed by atoms with Crippen molar-refractivity contribution >= 4 is 11.9 Å². The number of hydrogen-bond acceptors (Lipinski definition) is 3. The molecule has 1 aliphatic carbocycles. The highest BCUT2D eigenvalue weighted by Crippen LogP contribution is 2.43. The zero-order valence-electron chi connectivity index (χ0n) is 24.6. The van der Waals surface area contributed by atoms with Gasteiger partial charge in [-0.05, 0) is 112 Å². The molecule has 0 radical (unpaired) electrons. The Hall–Kier alpha value is -3.44. The van der Waals surface area contributed by atoms with E-state index in [0.717, 1.165) is 63.8 Å². The van der Waals surface area contributed by atoms with E-state index in [0.29, 0.717) is 19.5 Å². The molecule has 1 amide bonds. The zero-order chi connectivity index (χ0) is 28.8. The fraction of sp³-hybridized carbons (Fsp3) is 0.429. The molecule has 0 saturated heterocycles. The Labute approximate surface area is 238 Å². The molecule has 5 nitrogen and oxygen atoms in total. The van der Waals surface area contributed by atoms with Crippen molar-refractivity contribution in [3.63, 3.8) is 0 Å². The summed E-state index contributed by atoms with van der Waals surface area (Å²) in [6, 6.07) is 16.7. The summed E-state index contributed by atoms with van der Waals surface area (Å²) in [7, 11) is 0. The van der Waals surface area contributed by atoms with Crippen molar-refractivity contribution in [3.8, 4) is 11.1 Å². The van der Waals surface area contributed by atoms with E-state index in [2.05, 4.69) is 55.5 Å². The van der Waals surface area contributed by atoms with E-state index in [1.807, 2.05) is 39.5 Å². The molecule has 2 unspecified atom stereocenters. The van der Waals surface area contributed by atoms with Crippen LogP contribution in [-0.2, 0) is 40.1 Å². The van der Waals surface area contributed by atoms with Crippen molar-refractivity contribution in [2.75, 3.05) is 6.54 Å². The van der Waals surface area contributed by atoms with Gasteiger partial charge in [0.15, 0.2) is 6.10 Å². The minimum atomic E-state index is -1.10. The molecule has 1 N–H and O–H groups in total. The van der Waals surface area contributed by atoms with Crippen LogP contribution in [0.5, 0.6) is 0 Å². The number of nitrogens with zero attached hydrogens (tertiary/aromatic N) is 1. The Morgan fingerprint density at radius 1 is 0.925 bits per heavy atom. The van der Waals surface area contributed by atoms with E-state index >= 15 is 0 Å². The van der Waals surface area contributed by atoms with Crippen LogP contribution < -0.4 is 0 Å². The van der Waals surface area contributed by atoms with Crippen LogP contribution in [0.4, 0.5) is 0 Å². The summed E-state index contributed by atoms with van der Waals surface area (Å²) in [5.74, 6) is -0.751. The number of fused-ring (bicyclic) bond motifs is 2. The Morgan fingerprint density at radius 2 is 1.60 bits per heavy atom. The Kier molecular flexibility index (Phi) is 7.62. The number of benzene rings is 3. The summed E-state index contributed by atoms with van der Waals surface area (Å²) in [6.07, 6.45) is 2.24. The van der Waals surface area contributed by atoms with E-state index in [4.69, 9.17) is 4.74 Å². The molecule has 1 aliphatic heterocycles. The van der Waals surface area contributed by atoms with E-state index in [-0.39, 0.29) is 11.8 Å². The van der Waals surface area contributed by atoms with Gasteiger partial charge in [-0.2, -0.15) is 0 Å². The first-order chi connectivity index (χ1) is 18.9. The molecule has 210 valence electrons. The first kappa shape index (κ1) is 28.1. The molecule has 2 atom stereocenters. The van der Waals surface area contributed by atoms with Crippen LogP contribution in [0.25, 0.3) is 11.1 Å². The third-order valence-electron chi connectivity index (χ3n) is 8.60. The second-order valence-corrected chi connectivity index (χ2v) is 12.5. The molecular formula is C35H41NO4. The number of aryl methyl sites for hydroxylation is 2. The van der Waals surface area contributed by atoms with Gasteiger partial charge in [0.2, 0.25) is 5.91 Å². The number of aliphatic carboxylic acids is 1. The van der Waals surface area contributed by atoms with Gasteiger partial charge < -0.3 is 14.7 Å². The van der Waals surface area contributed by atoms with Crippen molar-refractivity contribution in [2.24, 2.45) is 5.92 Å². The van der Waals surface area contributed by atoms with Crippen molar-refractivity contribution in [1.82, 2.24) is 4.90 Å². The van der Waals surface area contributed by atoms with Crippen molar-refractivity contribution in [1.29, 1.82) is 0 Å². The lowest BCUT2D eigenvalue weighted by atomic mass is 9.79. The molecule has 3 aromatic rings. The summed E-state index contributed by atoms with van der Waals surface area (Å²) < 4.78 is 6.20. The maximum Gasteiger partial charge on any atom is 0.337 e. The molecule has 0 bridgehead atoms. The minimum absolute atomic E-state index is 0.00488. The fourth-order valence-corrected chi connectivity index (χ4v) is 6.59. The Balaban J connectivity index is 1.56. The molecule has 1 heterocycles. The number of carboxylic acids is 1. The average Bonchev–Trinajstić information content (AvgIpc) is 2.93. The lowest BCUT2D eigenvalue weighted by Gasteiger charge is -2.37. The molecule has 3 aromatic carbocycles. The standard InChI is InChI=1S/C35H41NO4/c1-21-11-13-25(14-12-21)30-23(3)29-20-36(33(37)27-16-15-24-9-7-8-10-26(24)19-27)18-17-28(29)22(2)31(30)32(34(38)39)40-35(4,5)6/h7-14,27,32H,15-20H2,1-6H3,(H,38,39). The van der Waals surface area contributed by atoms with Crippen LogP contribution in [0.3, 0.4) is 0 Å². The van der Waals surface area contributed by atoms with E-state index in [1.165, 1.54) is 11.1 Å². The number of carbonyl (C=O) groups is 2. The first-order valence-electron chi connectivity index (χ1n) is 14.4. The molecule has 2 aliphatic rings. The smallest absolute Gasteiger partial charge is 0.337 e. The van der Waals surface area contributed by atoms with E-state index < -0.39 is 17.7 Å². The highest BCUT2D eigenvalue weighted by molar-refractivity contribution is 5.85. The molecule has 0 fully saturated rings. The number of amides is 1. The number of ether oxygens (including phenoxy) is 1. The molecule has 5 heteroatoms. The SMILES string of the molecule is Cc1ccc(-c2c(C)c3c(c(C)c2C(OC(C)(C)C)C(=O)O)CCN(C(=O)C2CCc4ccccc4C2)C3)cc1. The van der Waals surface area contributed by atoms with Crippen LogP contribution in [-0.4, -0.2) is 34.0 Å². The van der Waals surface area contributed by atoms with Gasteiger partial charge in [-0.3, -0.25) is 4.79 Å². The normalized spacial score (nSPS) is 17.6. The maximum atomic E-state index is 13.8. The molecule has 5 rings (SSSR count). The van der Waals surface area contributed by atoms with E-state index in [1.54, 1.807) is 0 Å². The summed E-state index contributed by atoms with van der Waals surface area (Å²) in [5, 5.41) is 10.4. The van der Waals surface area contributed by atoms with Crippen molar-refractivity contribution in [2.45, 2.75) is 85.5 Å². The van der Waals surface area contributed by atoms with Gasteiger partial charge in [-0.1, -0.05) is 54.1 Å². The highest BCUT2D eigenvalue weighted by atomic mass is 16.5. The largest absolute Gasteiger partial charge is 0.479 e. The monoisotopic (exact) mass is 539 g/mol. The van der Waals surface area contributed by atoms with Gasteiger partial charge in [0.1, 0.15) is 0 Å². The third kappa shape index (κ3) is 5.44. The third-order valence-corrected chi connectivity index (χ3v) is 8.60. The van der Waals surface area contributed by atoms with Gasteiger partial charge in [-0.25, -0.2) is 4.79 Å². The summed E-state index contributed by atoms with van der Waals surface area (Å²) in [6.45, 7) is 13.0. The second-order valence-electron chi connectivity index (χ2n) is 12.5. The van der Waals surface area contributed by atoms with Gasteiger partial charge in [0.05, 0.1) is 5.60 Å². The molecular weight excluding hydrogens is 498 g/mol. The van der Waals surface area contributed by atoms with Crippen LogP contribution >= 0.6 is 0 Å².